The van der Waals surface area contributed by atoms with E-state index in [1.54, 1.807) is 0 Å². The minimum absolute atomic E-state index is 0.939. The number of hydrogen-bond donors (Lipinski definition) is 0. The third-order valence-corrected chi connectivity index (χ3v) is 4.58. The third-order valence-electron chi connectivity index (χ3n) is 3.72. The van der Waals surface area contributed by atoms with Crippen molar-refractivity contribution in [2.45, 2.75) is 33.5 Å². The summed E-state index contributed by atoms with van der Waals surface area (Å²) in [4.78, 5) is 6.17. The first kappa shape index (κ1) is 16.2. The van der Waals surface area contributed by atoms with E-state index in [-0.39, 0.29) is 0 Å². The van der Waals surface area contributed by atoms with Crippen LogP contribution in [0.5, 0.6) is 0 Å². The lowest BCUT2D eigenvalue weighted by atomic mass is 10.2. The highest BCUT2D eigenvalue weighted by Gasteiger charge is 2.12. The lowest BCUT2D eigenvalue weighted by Crippen LogP contribution is -2.31. The molecular weight excluding hydrogens is 280 g/mol. The number of nitrogens with zero attached hydrogens (tertiary/aromatic N) is 4. The maximum atomic E-state index is 4.46. The topological polar surface area (TPSA) is 24.3 Å². The van der Waals surface area contributed by atoms with E-state index in [0.717, 1.165) is 32.7 Å². The minimum Gasteiger partial charge on any atom is -0.308 e. The number of thiophene rings is 1. The fourth-order valence-corrected chi connectivity index (χ4v) is 3.12. The molecule has 0 radical (unpaired) electrons. The molecule has 0 unspecified atom stereocenters. The Morgan fingerprint density at radius 1 is 1.24 bits per heavy atom. The number of rotatable bonds is 8. The van der Waals surface area contributed by atoms with Crippen LogP contribution in [0.15, 0.2) is 23.7 Å². The van der Waals surface area contributed by atoms with Gasteiger partial charge in [-0.15, -0.1) is 11.3 Å². The van der Waals surface area contributed by atoms with Crippen LogP contribution in [0.4, 0.5) is 0 Å². The van der Waals surface area contributed by atoms with Gasteiger partial charge in [0.15, 0.2) is 0 Å². The molecule has 0 bridgehead atoms. The number of hydrogen-bond acceptors (Lipinski definition) is 4. The van der Waals surface area contributed by atoms with Crippen LogP contribution < -0.4 is 0 Å². The van der Waals surface area contributed by atoms with Crippen molar-refractivity contribution in [1.29, 1.82) is 0 Å². The molecule has 0 saturated heterocycles. The number of likely N-dealkylation sites (N-methyl/N-ethyl adjacent to an activating group) is 1. The monoisotopic (exact) mass is 306 g/mol. The summed E-state index contributed by atoms with van der Waals surface area (Å²) in [5, 5.41) is 6.61. The lowest BCUT2D eigenvalue weighted by molar-refractivity contribution is 0.227. The minimum atomic E-state index is 0.939. The second kappa shape index (κ2) is 7.73. The van der Waals surface area contributed by atoms with Gasteiger partial charge in [0.1, 0.15) is 0 Å². The summed E-state index contributed by atoms with van der Waals surface area (Å²) < 4.78 is 2.07. The highest BCUT2D eigenvalue weighted by atomic mass is 32.1. The van der Waals surface area contributed by atoms with E-state index < -0.39 is 0 Å². The molecule has 2 aromatic rings. The van der Waals surface area contributed by atoms with Gasteiger partial charge in [0.05, 0.1) is 6.20 Å². The number of aromatic nitrogens is 2. The summed E-state index contributed by atoms with van der Waals surface area (Å²) in [7, 11) is 4.26. The highest BCUT2D eigenvalue weighted by molar-refractivity contribution is 7.09. The average molecular weight is 306 g/mol. The molecule has 0 fully saturated rings. The van der Waals surface area contributed by atoms with Crippen molar-refractivity contribution in [3.8, 4) is 0 Å². The zero-order valence-corrected chi connectivity index (χ0v) is 14.4. The van der Waals surface area contributed by atoms with Crippen molar-refractivity contribution in [2.24, 2.45) is 0 Å². The number of aryl methyl sites for hydroxylation is 1. The summed E-state index contributed by atoms with van der Waals surface area (Å²) in [5.41, 5.74) is 2.63. The zero-order chi connectivity index (χ0) is 15.2. The highest BCUT2D eigenvalue weighted by Crippen LogP contribution is 2.16. The Balaban J connectivity index is 2.05. The van der Waals surface area contributed by atoms with E-state index in [4.69, 9.17) is 0 Å². The Hall–Kier alpha value is -1.17. The molecule has 2 aromatic heterocycles. The van der Waals surface area contributed by atoms with E-state index in [1.807, 2.05) is 17.5 Å². The second-order valence-electron chi connectivity index (χ2n) is 5.66. The van der Waals surface area contributed by atoms with Gasteiger partial charge in [0, 0.05) is 48.9 Å². The van der Waals surface area contributed by atoms with E-state index >= 15 is 0 Å². The first-order chi connectivity index (χ1) is 10.1. The van der Waals surface area contributed by atoms with Gasteiger partial charge < -0.3 is 4.90 Å². The fraction of sp³-hybridized carbons (Fsp3) is 0.562. The van der Waals surface area contributed by atoms with Crippen LogP contribution in [0, 0.1) is 6.92 Å². The summed E-state index contributed by atoms with van der Waals surface area (Å²) in [6, 6.07) is 4.35. The largest absolute Gasteiger partial charge is 0.308 e. The Kier molecular flexibility index (Phi) is 5.96. The molecule has 5 heteroatoms. The molecule has 0 spiro atoms. The quantitative estimate of drug-likeness (QED) is 0.749. The third kappa shape index (κ3) is 4.66. The van der Waals surface area contributed by atoms with Gasteiger partial charge in [-0.25, -0.2) is 0 Å². The van der Waals surface area contributed by atoms with Crippen LogP contribution in [0.3, 0.4) is 0 Å². The molecule has 21 heavy (non-hydrogen) atoms. The van der Waals surface area contributed by atoms with Gasteiger partial charge >= 0.3 is 0 Å². The van der Waals surface area contributed by atoms with Crippen molar-refractivity contribution in [3.63, 3.8) is 0 Å². The van der Waals surface area contributed by atoms with Crippen molar-refractivity contribution in [1.82, 2.24) is 19.6 Å². The smallest absolute Gasteiger partial charge is 0.0537 e. The van der Waals surface area contributed by atoms with Crippen molar-refractivity contribution in [3.05, 3.63) is 39.8 Å². The van der Waals surface area contributed by atoms with Gasteiger partial charge in [-0.2, -0.15) is 5.10 Å². The maximum Gasteiger partial charge on any atom is 0.0537 e. The van der Waals surface area contributed by atoms with Gasteiger partial charge in [0.25, 0.3) is 0 Å². The maximum absolute atomic E-state index is 4.46. The molecule has 2 heterocycles. The van der Waals surface area contributed by atoms with E-state index in [1.165, 1.54) is 16.1 Å². The molecule has 116 valence electrons. The van der Waals surface area contributed by atoms with Crippen molar-refractivity contribution in [2.75, 3.05) is 27.2 Å². The molecule has 0 atom stereocenters. The van der Waals surface area contributed by atoms with Crippen LogP contribution in [0.1, 0.15) is 23.1 Å². The molecule has 4 nitrogen and oxygen atoms in total. The molecule has 0 N–H and O–H groups in total. The van der Waals surface area contributed by atoms with Crippen LogP contribution in [0.2, 0.25) is 0 Å². The average Bonchev–Trinajstić information content (AvgIpc) is 3.07. The normalized spacial score (nSPS) is 11.7. The van der Waals surface area contributed by atoms with Crippen LogP contribution >= 0.6 is 11.3 Å². The summed E-state index contributed by atoms with van der Waals surface area (Å²) >= 11 is 1.83. The van der Waals surface area contributed by atoms with Gasteiger partial charge in [-0.05, 0) is 39.4 Å². The lowest BCUT2D eigenvalue weighted by Gasteiger charge is -2.23. The SMILES string of the molecule is CCn1ncc(CN(CCN(C)C)Cc2cccs2)c1C. The van der Waals surface area contributed by atoms with Gasteiger partial charge in [-0.1, -0.05) is 6.07 Å². The Morgan fingerprint density at radius 2 is 2.05 bits per heavy atom. The second-order valence-corrected chi connectivity index (χ2v) is 6.70. The van der Waals surface area contributed by atoms with E-state index in [9.17, 15) is 0 Å². The molecule has 0 aliphatic heterocycles. The van der Waals surface area contributed by atoms with Gasteiger partial charge in [0.2, 0.25) is 0 Å². The first-order valence-corrected chi connectivity index (χ1v) is 8.39. The fourth-order valence-electron chi connectivity index (χ4n) is 2.38. The molecule has 0 aliphatic carbocycles. The van der Waals surface area contributed by atoms with Crippen molar-refractivity contribution >= 4 is 11.3 Å². The van der Waals surface area contributed by atoms with Gasteiger partial charge in [-0.3, -0.25) is 9.58 Å². The summed E-state index contributed by atoms with van der Waals surface area (Å²) in [6.07, 6.45) is 2.02. The molecular formula is C16H26N4S. The Labute approximate surface area is 132 Å². The summed E-state index contributed by atoms with van der Waals surface area (Å²) in [6.45, 7) is 9.38. The van der Waals surface area contributed by atoms with Crippen LogP contribution in [-0.4, -0.2) is 46.8 Å². The Morgan fingerprint density at radius 3 is 2.62 bits per heavy atom. The van der Waals surface area contributed by atoms with Crippen molar-refractivity contribution < 1.29 is 0 Å². The summed E-state index contributed by atoms with van der Waals surface area (Å²) in [5.74, 6) is 0. The van der Waals surface area contributed by atoms with E-state index in [2.05, 4.69) is 65.0 Å². The molecule has 0 amide bonds. The predicted octanol–water partition coefficient (Wildman–Crippen LogP) is 2.84. The predicted molar refractivity (Wildman–Crippen MR) is 89.6 cm³/mol. The van der Waals surface area contributed by atoms with Crippen LogP contribution in [0.25, 0.3) is 0 Å². The molecule has 2 rings (SSSR count). The first-order valence-electron chi connectivity index (χ1n) is 7.51. The van der Waals surface area contributed by atoms with Crippen LogP contribution in [-0.2, 0) is 19.6 Å². The molecule has 0 aliphatic rings. The molecule has 0 aromatic carbocycles. The Bertz CT molecular complexity index is 530. The standard InChI is InChI=1S/C16H26N4S/c1-5-20-14(2)15(11-17-20)12-19(9-8-18(3)4)13-16-7-6-10-21-16/h6-7,10-11H,5,8-9,12-13H2,1-4H3. The zero-order valence-electron chi connectivity index (χ0n) is 13.5. The molecule has 0 saturated carbocycles. The van der Waals surface area contributed by atoms with E-state index in [0.29, 0.717) is 0 Å².